The average Bonchev–Trinajstić information content (AvgIpc) is 2.82. The van der Waals surface area contributed by atoms with Gasteiger partial charge in [0, 0.05) is 0 Å². The fraction of sp³-hybridized carbons (Fsp3) is 0.0667. The molecular weight excluding hydrogens is 288 g/mol. The number of aromatic nitrogens is 1. The largest absolute Gasteiger partial charge is 0.508 e. The first kappa shape index (κ1) is 13.4. The third-order valence-electron chi connectivity index (χ3n) is 2.99. The van der Waals surface area contributed by atoms with Crippen molar-refractivity contribution < 1.29 is 15.0 Å². The van der Waals surface area contributed by atoms with Crippen LogP contribution in [0, 0.1) is 6.92 Å². The van der Waals surface area contributed by atoms with Crippen molar-refractivity contribution >= 4 is 32.6 Å². The number of benzene rings is 2. The number of amides is 1. The van der Waals surface area contributed by atoms with Crippen LogP contribution in [-0.2, 0) is 0 Å². The fourth-order valence-corrected chi connectivity index (χ4v) is 2.91. The number of phenolic OH excluding ortho intramolecular Hbond substituents is 2. The van der Waals surface area contributed by atoms with Crippen molar-refractivity contribution in [1.82, 2.24) is 4.98 Å². The Morgan fingerprint density at radius 3 is 2.81 bits per heavy atom. The molecule has 3 N–H and O–H groups in total. The van der Waals surface area contributed by atoms with Crippen LogP contribution in [0.25, 0.3) is 10.2 Å². The number of rotatable bonds is 2. The first-order valence-electron chi connectivity index (χ1n) is 6.23. The normalized spacial score (nSPS) is 10.7. The third kappa shape index (κ3) is 2.66. The lowest BCUT2D eigenvalue weighted by Gasteiger charge is -2.04. The Kier molecular flexibility index (Phi) is 3.23. The Hall–Kier alpha value is -2.60. The number of carbonyl (C=O) groups excluding carboxylic acids is 1. The Labute approximate surface area is 124 Å². The summed E-state index contributed by atoms with van der Waals surface area (Å²) in [6.07, 6.45) is 0. The summed E-state index contributed by atoms with van der Waals surface area (Å²) in [5.74, 6) is -0.792. The molecule has 3 rings (SSSR count). The molecule has 0 saturated heterocycles. The maximum Gasteiger partial charge on any atom is 0.261 e. The molecule has 0 aliphatic carbocycles. The average molecular weight is 300 g/mol. The second-order valence-electron chi connectivity index (χ2n) is 4.65. The van der Waals surface area contributed by atoms with Gasteiger partial charge in [-0.25, -0.2) is 4.98 Å². The molecule has 0 saturated carbocycles. The van der Waals surface area contributed by atoms with E-state index in [2.05, 4.69) is 10.3 Å². The van der Waals surface area contributed by atoms with Crippen LogP contribution in [0.1, 0.15) is 15.9 Å². The molecule has 0 atom stereocenters. The van der Waals surface area contributed by atoms with Gasteiger partial charge in [0.1, 0.15) is 11.5 Å². The molecular formula is C15H12N2O3S. The molecule has 1 heterocycles. The molecule has 2 aromatic carbocycles. The molecule has 0 bridgehead atoms. The molecule has 6 heteroatoms. The van der Waals surface area contributed by atoms with Gasteiger partial charge in [-0.1, -0.05) is 17.4 Å². The highest BCUT2D eigenvalue weighted by Gasteiger charge is 2.14. The summed E-state index contributed by atoms with van der Waals surface area (Å²) in [5, 5.41) is 22.1. The maximum absolute atomic E-state index is 12.1. The van der Waals surface area contributed by atoms with Crippen molar-refractivity contribution in [2.45, 2.75) is 6.92 Å². The SMILES string of the molecule is Cc1ccc2nc(NC(=O)c3cc(O)ccc3O)sc2c1. The van der Waals surface area contributed by atoms with Gasteiger partial charge in [0.05, 0.1) is 15.8 Å². The second kappa shape index (κ2) is 5.06. The van der Waals surface area contributed by atoms with Crippen LogP contribution in [0.2, 0.25) is 0 Å². The van der Waals surface area contributed by atoms with E-state index in [-0.39, 0.29) is 17.1 Å². The van der Waals surface area contributed by atoms with Gasteiger partial charge < -0.3 is 10.2 Å². The van der Waals surface area contributed by atoms with Crippen LogP contribution in [0.3, 0.4) is 0 Å². The molecule has 21 heavy (non-hydrogen) atoms. The third-order valence-corrected chi connectivity index (χ3v) is 3.92. The van der Waals surface area contributed by atoms with E-state index in [4.69, 9.17) is 0 Å². The number of hydrogen-bond acceptors (Lipinski definition) is 5. The Morgan fingerprint density at radius 1 is 1.19 bits per heavy atom. The lowest BCUT2D eigenvalue weighted by Crippen LogP contribution is -2.11. The molecule has 0 fully saturated rings. The van der Waals surface area contributed by atoms with E-state index in [1.54, 1.807) is 0 Å². The molecule has 1 aromatic heterocycles. The minimum Gasteiger partial charge on any atom is -0.508 e. The minimum absolute atomic E-state index is 0.00503. The van der Waals surface area contributed by atoms with E-state index in [1.165, 1.54) is 29.5 Å². The van der Waals surface area contributed by atoms with E-state index in [9.17, 15) is 15.0 Å². The maximum atomic E-state index is 12.1. The van der Waals surface area contributed by atoms with Crippen LogP contribution in [0.4, 0.5) is 5.13 Å². The lowest BCUT2D eigenvalue weighted by atomic mass is 10.2. The van der Waals surface area contributed by atoms with Crippen LogP contribution in [0.5, 0.6) is 11.5 Å². The molecule has 0 spiro atoms. The van der Waals surface area contributed by atoms with Gasteiger partial charge in [-0.05, 0) is 42.8 Å². The monoisotopic (exact) mass is 300 g/mol. The molecule has 0 radical (unpaired) electrons. The number of nitrogens with zero attached hydrogens (tertiary/aromatic N) is 1. The van der Waals surface area contributed by atoms with Gasteiger partial charge in [0.25, 0.3) is 5.91 Å². The standard InChI is InChI=1S/C15H12N2O3S/c1-8-2-4-11-13(6-8)21-15(16-11)17-14(20)10-7-9(18)3-5-12(10)19/h2-7,18-19H,1H3,(H,16,17,20). The van der Waals surface area contributed by atoms with Gasteiger partial charge in [-0.2, -0.15) is 0 Å². The smallest absolute Gasteiger partial charge is 0.261 e. The zero-order valence-electron chi connectivity index (χ0n) is 11.1. The van der Waals surface area contributed by atoms with Gasteiger partial charge >= 0.3 is 0 Å². The summed E-state index contributed by atoms with van der Waals surface area (Å²) in [7, 11) is 0. The molecule has 106 valence electrons. The minimum atomic E-state index is -0.515. The predicted octanol–water partition coefficient (Wildman–Crippen LogP) is 3.27. The quantitative estimate of drug-likeness (QED) is 0.634. The van der Waals surface area contributed by atoms with E-state index < -0.39 is 5.91 Å². The van der Waals surface area contributed by atoms with Crippen LogP contribution in [-0.4, -0.2) is 21.1 Å². The fourth-order valence-electron chi connectivity index (χ4n) is 1.96. The van der Waals surface area contributed by atoms with Gasteiger partial charge in [0.15, 0.2) is 5.13 Å². The number of aryl methyl sites for hydroxylation is 1. The first-order chi connectivity index (χ1) is 10.0. The molecule has 1 amide bonds. The van der Waals surface area contributed by atoms with Gasteiger partial charge in [-0.15, -0.1) is 0 Å². The van der Waals surface area contributed by atoms with E-state index in [0.29, 0.717) is 5.13 Å². The highest BCUT2D eigenvalue weighted by atomic mass is 32.1. The molecule has 0 aliphatic heterocycles. The van der Waals surface area contributed by atoms with E-state index in [0.717, 1.165) is 15.8 Å². The Morgan fingerprint density at radius 2 is 2.00 bits per heavy atom. The molecule has 3 aromatic rings. The van der Waals surface area contributed by atoms with E-state index >= 15 is 0 Å². The zero-order valence-corrected chi connectivity index (χ0v) is 11.9. The molecule has 5 nitrogen and oxygen atoms in total. The second-order valence-corrected chi connectivity index (χ2v) is 5.68. The highest BCUT2D eigenvalue weighted by molar-refractivity contribution is 7.22. The van der Waals surface area contributed by atoms with Crippen LogP contribution >= 0.6 is 11.3 Å². The number of aromatic hydroxyl groups is 2. The highest BCUT2D eigenvalue weighted by Crippen LogP contribution is 2.28. The predicted molar refractivity (Wildman–Crippen MR) is 82.1 cm³/mol. The van der Waals surface area contributed by atoms with Crippen molar-refractivity contribution in [3.05, 3.63) is 47.5 Å². The first-order valence-corrected chi connectivity index (χ1v) is 7.05. The zero-order chi connectivity index (χ0) is 15.0. The summed E-state index contributed by atoms with van der Waals surface area (Å²) in [5.41, 5.74) is 1.93. The van der Waals surface area contributed by atoms with Crippen LogP contribution < -0.4 is 5.32 Å². The van der Waals surface area contributed by atoms with Crippen LogP contribution in [0.15, 0.2) is 36.4 Å². The summed E-state index contributed by atoms with van der Waals surface area (Å²) in [6.45, 7) is 1.99. The Bertz CT molecular complexity index is 842. The van der Waals surface area contributed by atoms with E-state index in [1.807, 2.05) is 25.1 Å². The number of fused-ring (bicyclic) bond motifs is 1. The topological polar surface area (TPSA) is 82.5 Å². The van der Waals surface area contributed by atoms with Crippen molar-refractivity contribution in [3.8, 4) is 11.5 Å². The summed E-state index contributed by atoms with van der Waals surface area (Å²) in [4.78, 5) is 16.4. The Balaban J connectivity index is 1.90. The van der Waals surface area contributed by atoms with Crippen molar-refractivity contribution in [1.29, 1.82) is 0 Å². The summed E-state index contributed by atoms with van der Waals surface area (Å²) >= 11 is 1.36. The summed E-state index contributed by atoms with van der Waals surface area (Å²) in [6, 6.07) is 9.63. The molecule has 0 unspecified atom stereocenters. The van der Waals surface area contributed by atoms with Crippen molar-refractivity contribution in [2.75, 3.05) is 5.32 Å². The number of carbonyl (C=O) groups is 1. The van der Waals surface area contributed by atoms with Crippen molar-refractivity contribution in [2.24, 2.45) is 0 Å². The summed E-state index contributed by atoms with van der Waals surface area (Å²) < 4.78 is 0.977. The number of nitrogens with one attached hydrogen (secondary N) is 1. The van der Waals surface area contributed by atoms with Gasteiger partial charge in [0.2, 0.25) is 0 Å². The van der Waals surface area contributed by atoms with Crippen molar-refractivity contribution in [3.63, 3.8) is 0 Å². The number of phenols is 2. The number of hydrogen-bond donors (Lipinski definition) is 3. The number of thiazole rings is 1. The molecule has 0 aliphatic rings. The van der Waals surface area contributed by atoms with Gasteiger partial charge in [-0.3, -0.25) is 10.1 Å². The lowest BCUT2D eigenvalue weighted by molar-refractivity contribution is 0.102. The number of anilines is 1.